The normalized spacial score (nSPS) is 11.5. The van der Waals surface area contributed by atoms with Crippen LogP contribution in [0.15, 0.2) is 47.4 Å². The van der Waals surface area contributed by atoms with Crippen LogP contribution in [-0.4, -0.2) is 18.6 Å². The minimum atomic E-state index is -3.71. The van der Waals surface area contributed by atoms with Crippen LogP contribution in [-0.2, 0) is 10.0 Å². The Balaban J connectivity index is 1.88. The molecule has 0 amide bonds. The van der Waals surface area contributed by atoms with Gasteiger partial charge in [-0.05, 0) is 43.2 Å². The Hall–Kier alpha value is -1.96. The Labute approximate surface area is 149 Å². The number of benzene rings is 2. The van der Waals surface area contributed by atoms with E-state index >= 15 is 0 Å². The zero-order valence-corrected chi connectivity index (χ0v) is 15.3. The number of hydrogen-bond donors (Lipinski definition) is 1. The van der Waals surface area contributed by atoms with Crippen LogP contribution in [0.1, 0.15) is 11.1 Å². The van der Waals surface area contributed by atoms with Gasteiger partial charge in [0.15, 0.2) is 0 Å². The largest absolute Gasteiger partial charge is 0.263 e. The molecule has 0 atom stereocenters. The van der Waals surface area contributed by atoms with Crippen LogP contribution >= 0.6 is 22.9 Å². The molecular formula is C16H14ClN3O2S2. The number of rotatable bonds is 4. The number of sulfonamides is 1. The maximum atomic E-state index is 12.6. The molecule has 0 bridgehead atoms. The van der Waals surface area contributed by atoms with Crippen molar-refractivity contribution in [1.82, 2.24) is 10.2 Å². The van der Waals surface area contributed by atoms with Crippen molar-refractivity contribution >= 4 is 38.1 Å². The van der Waals surface area contributed by atoms with Gasteiger partial charge in [0.05, 0.1) is 4.90 Å². The van der Waals surface area contributed by atoms with E-state index in [-0.39, 0.29) is 10.0 Å². The molecule has 5 nitrogen and oxygen atoms in total. The summed E-state index contributed by atoms with van der Waals surface area (Å²) in [6, 6.07) is 12.4. The Kier molecular flexibility index (Phi) is 4.58. The van der Waals surface area contributed by atoms with E-state index in [4.69, 9.17) is 11.6 Å². The molecule has 124 valence electrons. The van der Waals surface area contributed by atoms with Crippen molar-refractivity contribution in [1.29, 1.82) is 0 Å². The average Bonchev–Trinajstić information content (AvgIpc) is 2.98. The number of nitrogens with zero attached hydrogens (tertiary/aromatic N) is 2. The molecule has 24 heavy (non-hydrogen) atoms. The fraction of sp³-hybridized carbons (Fsp3) is 0.125. The van der Waals surface area contributed by atoms with Crippen molar-refractivity contribution in [2.24, 2.45) is 0 Å². The van der Waals surface area contributed by atoms with E-state index in [9.17, 15) is 8.42 Å². The Morgan fingerprint density at radius 3 is 2.46 bits per heavy atom. The summed E-state index contributed by atoms with van der Waals surface area (Å²) >= 11 is 7.03. The van der Waals surface area contributed by atoms with Crippen LogP contribution < -0.4 is 4.72 Å². The van der Waals surface area contributed by atoms with Gasteiger partial charge in [0.25, 0.3) is 10.0 Å². The lowest BCUT2D eigenvalue weighted by Crippen LogP contribution is -2.14. The minimum absolute atomic E-state index is 0.223. The van der Waals surface area contributed by atoms with Gasteiger partial charge in [-0.15, -0.1) is 10.2 Å². The van der Waals surface area contributed by atoms with Gasteiger partial charge < -0.3 is 0 Å². The summed E-state index contributed by atoms with van der Waals surface area (Å²) in [5.41, 5.74) is 2.38. The summed E-state index contributed by atoms with van der Waals surface area (Å²) in [6.45, 7) is 3.61. The van der Waals surface area contributed by atoms with Gasteiger partial charge in [-0.2, -0.15) is 0 Å². The Bertz CT molecular complexity index is 983. The van der Waals surface area contributed by atoms with Crippen LogP contribution in [0.2, 0.25) is 5.02 Å². The van der Waals surface area contributed by atoms with E-state index < -0.39 is 10.0 Å². The molecule has 0 radical (unpaired) electrons. The lowest BCUT2D eigenvalue weighted by atomic mass is 10.2. The molecule has 0 aliphatic rings. The van der Waals surface area contributed by atoms with Crippen LogP contribution in [0.5, 0.6) is 0 Å². The van der Waals surface area contributed by atoms with Crippen LogP contribution in [0.3, 0.4) is 0 Å². The standard InChI is InChI=1S/C16H14ClN3O2S2/c1-10-3-4-11(2)14(9-10)24(21,22)20-16-19-18-15(23-16)12-5-7-13(17)8-6-12/h3-9H,1-2H3,(H,19,20). The monoisotopic (exact) mass is 379 g/mol. The molecule has 1 heterocycles. The van der Waals surface area contributed by atoms with Gasteiger partial charge in [0.1, 0.15) is 5.01 Å². The third kappa shape index (κ3) is 3.58. The fourth-order valence-corrected chi connectivity index (χ4v) is 4.58. The number of aryl methyl sites for hydroxylation is 2. The molecule has 1 aromatic heterocycles. The first kappa shape index (κ1) is 16.9. The highest BCUT2D eigenvalue weighted by molar-refractivity contribution is 7.93. The van der Waals surface area contributed by atoms with Gasteiger partial charge in [-0.3, -0.25) is 4.72 Å². The summed E-state index contributed by atoms with van der Waals surface area (Å²) < 4.78 is 27.6. The van der Waals surface area contributed by atoms with Gasteiger partial charge in [0, 0.05) is 10.6 Å². The van der Waals surface area contributed by atoms with Gasteiger partial charge in [0.2, 0.25) is 5.13 Å². The predicted octanol–water partition coefficient (Wildman–Crippen LogP) is 4.28. The van der Waals surface area contributed by atoms with E-state index in [1.54, 1.807) is 31.2 Å². The topological polar surface area (TPSA) is 72.0 Å². The van der Waals surface area contributed by atoms with Gasteiger partial charge in [-0.1, -0.05) is 47.2 Å². The second-order valence-corrected chi connectivity index (χ2v) is 8.36. The first-order chi connectivity index (χ1) is 11.3. The molecule has 0 saturated carbocycles. The first-order valence-electron chi connectivity index (χ1n) is 7.05. The molecule has 0 aliphatic carbocycles. The maximum Gasteiger partial charge on any atom is 0.263 e. The Morgan fingerprint density at radius 2 is 1.75 bits per heavy atom. The van der Waals surface area contributed by atoms with E-state index in [1.807, 2.05) is 25.1 Å². The van der Waals surface area contributed by atoms with Crippen molar-refractivity contribution in [2.45, 2.75) is 18.7 Å². The quantitative estimate of drug-likeness (QED) is 0.734. The Morgan fingerprint density at radius 1 is 1.04 bits per heavy atom. The van der Waals surface area contributed by atoms with Gasteiger partial charge >= 0.3 is 0 Å². The SMILES string of the molecule is Cc1ccc(C)c(S(=O)(=O)Nc2nnc(-c3ccc(Cl)cc3)s2)c1. The predicted molar refractivity (Wildman–Crippen MR) is 97.1 cm³/mol. The molecule has 1 N–H and O–H groups in total. The zero-order chi connectivity index (χ0) is 17.3. The zero-order valence-electron chi connectivity index (χ0n) is 12.9. The van der Waals surface area contributed by atoms with E-state index in [2.05, 4.69) is 14.9 Å². The third-order valence-corrected chi connectivity index (χ3v) is 6.12. The van der Waals surface area contributed by atoms with Gasteiger partial charge in [-0.25, -0.2) is 8.42 Å². The molecule has 3 rings (SSSR count). The molecule has 3 aromatic rings. The summed E-state index contributed by atoms with van der Waals surface area (Å²) in [6.07, 6.45) is 0. The number of aromatic nitrogens is 2. The molecule has 0 fully saturated rings. The van der Waals surface area contributed by atoms with Crippen molar-refractivity contribution in [3.05, 3.63) is 58.6 Å². The molecule has 2 aromatic carbocycles. The number of anilines is 1. The smallest absolute Gasteiger partial charge is 0.253 e. The number of nitrogens with one attached hydrogen (secondary N) is 1. The second-order valence-electron chi connectivity index (χ2n) is 5.29. The fourth-order valence-electron chi connectivity index (χ4n) is 2.14. The molecule has 8 heteroatoms. The molecule has 0 unspecified atom stereocenters. The lowest BCUT2D eigenvalue weighted by Gasteiger charge is -2.08. The minimum Gasteiger partial charge on any atom is -0.253 e. The van der Waals surface area contributed by atoms with E-state index in [0.29, 0.717) is 15.6 Å². The van der Waals surface area contributed by atoms with Crippen molar-refractivity contribution in [3.8, 4) is 10.6 Å². The second kappa shape index (κ2) is 6.51. The average molecular weight is 380 g/mol. The maximum absolute atomic E-state index is 12.6. The number of hydrogen-bond acceptors (Lipinski definition) is 5. The highest BCUT2D eigenvalue weighted by Crippen LogP contribution is 2.29. The molecule has 0 saturated heterocycles. The van der Waals surface area contributed by atoms with Crippen LogP contribution in [0.4, 0.5) is 5.13 Å². The van der Waals surface area contributed by atoms with E-state index in [0.717, 1.165) is 11.1 Å². The summed E-state index contributed by atoms with van der Waals surface area (Å²) in [5.74, 6) is 0. The third-order valence-electron chi connectivity index (χ3n) is 3.37. The van der Waals surface area contributed by atoms with Crippen LogP contribution in [0.25, 0.3) is 10.6 Å². The molecular weight excluding hydrogens is 366 g/mol. The van der Waals surface area contributed by atoms with E-state index in [1.165, 1.54) is 11.3 Å². The lowest BCUT2D eigenvalue weighted by molar-refractivity contribution is 0.600. The number of halogens is 1. The van der Waals surface area contributed by atoms with Crippen molar-refractivity contribution in [2.75, 3.05) is 4.72 Å². The molecule has 0 aliphatic heterocycles. The van der Waals surface area contributed by atoms with Crippen LogP contribution in [0, 0.1) is 13.8 Å². The summed E-state index contributed by atoms with van der Waals surface area (Å²) in [4.78, 5) is 0.241. The first-order valence-corrected chi connectivity index (χ1v) is 9.72. The van der Waals surface area contributed by atoms with Crippen molar-refractivity contribution in [3.63, 3.8) is 0 Å². The highest BCUT2D eigenvalue weighted by atomic mass is 35.5. The highest BCUT2D eigenvalue weighted by Gasteiger charge is 2.19. The van der Waals surface area contributed by atoms with Crippen molar-refractivity contribution < 1.29 is 8.42 Å². The summed E-state index contributed by atoms with van der Waals surface area (Å²) in [7, 11) is -3.71. The molecule has 0 spiro atoms. The summed E-state index contributed by atoms with van der Waals surface area (Å²) in [5, 5.41) is 9.42.